The van der Waals surface area contributed by atoms with Crippen LogP contribution in [0.5, 0.6) is 0 Å². The molecule has 1 saturated carbocycles. The Hall–Kier alpha value is -0.990. The maximum atomic E-state index is 13.9. The zero-order valence-corrected chi connectivity index (χ0v) is 13.7. The van der Waals surface area contributed by atoms with Crippen molar-refractivity contribution in [2.45, 2.75) is 62.4 Å². The first-order valence-corrected chi connectivity index (χ1v) is 7.81. The van der Waals surface area contributed by atoms with Gasteiger partial charge in [-0.15, -0.1) is 0 Å². The summed E-state index contributed by atoms with van der Waals surface area (Å²) in [5.74, 6) is -1.18. The minimum absolute atomic E-state index is 0.0561. The lowest BCUT2D eigenvalue weighted by Crippen LogP contribution is -2.56. The van der Waals surface area contributed by atoms with Crippen LogP contribution in [0.4, 0.5) is 17.6 Å². The highest BCUT2D eigenvalue weighted by Gasteiger charge is 2.73. The van der Waals surface area contributed by atoms with E-state index in [0.717, 1.165) is 13.0 Å². The second kappa shape index (κ2) is 5.51. The quantitative estimate of drug-likeness (QED) is 0.444. The van der Waals surface area contributed by atoms with Gasteiger partial charge >= 0.3 is 6.18 Å². The highest BCUT2D eigenvalue weighted by molar-refractivity contribution is 5.89. The molecule has 2 aliphatic heterocycles. The Kier molecular flexibility index (Phi) is 4.09. The zero-order chi connectivity index (χ0) is 17.9. The molecule has 3 rings (SSSR count). The first kappa shape index (κ1) is 17.8. The largest absolute Gasteiger partial charge is 0.412 e. The van der Waals surface area contributed by atoms with Crippen molar-refractivity contribution in [1.82, 2.24) is 0 Å². The molecule has 0 aromatic heterocycles. The average molecular weight is 352 g/mol. The number of allylic oxidation sites excluding steroid dienone is 1. The number of epoxide rings is 2. The van der Waals surface area contributed by atoms with E-state index >= 15 is 0 Å². The van der Waals surface area contributed by atoms with Gasteiger partial charge in [-0.2, -0.15) is 13.2 Å². The molecule has 0 aromatic carbocycles. The van der Waals surface area contributed by atoms with Crippen LogP contribution in [-0.2, 0) is 19.0 Å². The lowest BCUT2D eigenvalue weighted by atomic mass is 9.68. The molecule has 1 unspecified atom stereocenters. The van der Waals surface area contributed by atoms with E-state index in [2.05, 4.69) is 0 Å². The van der Waals surface area contributed by atoms with Crippen LogP contribution in [0.25, 0.3) is 0 Å². The third-order valence-corrected chi connectivity index (χ3v) is 5.43. The van der Waals surface area contributed by atoms with E-state index < -0.39 is 53.0 Å². The Morgan fingerprint density at radius 1 is 1.46 bits per heavy atom. The van der Waals surface area contributed by atoms with Crippen molar-refractivity contribution in [2.75, 3.05) is 13.7 Å². The summed E-state index contributed by atoms with van der Waals surface area (Å²) in [4.78, 5) is 12.1. The van der Waals surface area contributed by atoms with Gasteiger partial charge in [0.2, 0.25) is 0 Å². The first-order chi connectivity index (χ1) is 11.0. The molecule has 0 bridgehead atoms. The summed E-state index contributed by atoms with van der Waals surface area (Å²) in [7, 11) is 1.32. The highest BCUT2D eigenvalue weighted by atomic mass is 19.4. The number of alkyl halides is 4. The molecular weight excluding hydrogens is 332 g/mol. The molecule has 4 nitrogen and oxygen atoms in total. The van der Waals surface area contributed by atoms with Crippen molar-refractivity contribution in [3.63, 3.8) is 0 Å². The lowest BCUT2D eigenvalue weighted by molar-refractivity contribution is -0.150. The molecule has 3 aliphatic rings. The normalized spacial score (nSPS) is 45.6. The fraction of sp³-hybridized carbons (Fsp3) is 0.812. The van der Waals surface area contributed by atoms with Crippen LogP contribution in [0.3, 0.4) is 0 Å². The molecule has 2 heterocycles. The summed E-state index contributed by atoms with van der Waals surface area (Å²) >= 11 is 0. The van der Waals surface area contributed by atoms with E-state index in [1.54, 1.807) is 6.92 Å². The van der Waals surface area contributed by atoms with E-state index in [9.17, 15) is 22.4 Å². The van der Waals surface area contributed by atoms with Gasteiger partial charge in [-0.05, 0) is 20.3 Å². The topological polar surface area (TPSA) is 51.4 Å². The average Bonchev–Trinajstić information content (AvgIpc) is 3.38. The number of hydrogen-bond donors (Lipinski definition) is 0. The van der Waals surface area contributed by atoms with Crippen LogP contribution in [0.1, 0.15) is 26.7 Å². The molecule has 6 atom stereocenters. The Morgan fingerprint density at radius 2 is 2.08 bits per heavy atom. The summed E-state index contributed by atoms with van der Waals surface area (Å²) in [6.45, 7) is 3.02. The maximum Gasteiger partial charge on any atom is 0.412 e. The number of ether oxygens (including phenoxy) is 3. The van der Waals surface area contributed by atoms with Crippen molar-refractivity contribution < 1.29 is 36.6 Å². The standard InChI is InChI=1S/C16H20F4O4/c1-8(16(18,19)20)4-5-10-14(2,24-10)13-12(22-3)11(21)9(17)6-15(13)7-23-15/h4,9-10,12-13H,5-7H2,1-3H3/t9-,10-,12-,13-,14?,15+/m1/s1. The third kappa shape index (κ3) is 2.78. The van der Waals surface area contributed by atoms with Crippen molar-refractivity contribution in [3.05, 3.63) is 11.6 Å². The molecule has 0 radical (unpaired) electrons. The minimum Gasteiger partial charge on any atom is -0.373 e. The van der Waals surface area contributed by atoms with Gasteiger partial charge in [0, 0.05) is 19.1 Å². The van der Waals surface area contributed by atoms with Crippen LogP contribution in [0.2, 0.25) is 0 Å². The van der Waals surface area contributed by atoms with E-state index in [1.807, 2.05) is 0 Å². The molecular formula is C16H20F4O4. The summed E-state index contributed by atoms with van der Waals surface area (Å²) in [6.07, 6.45) is -6.43. The van der Waals surface area contributed by atoms with Crippen LogP contribution >= 0.6 is 0 Å². The number of carbonyl (C=O) groups is 1. The number of rotatable bonds is 4. The van der Waals surface area contributed by atoms with E-state index in [4.69, 9.17) is 14.2 Å². The minimum atomic E-state index is -4.37. The van der Waals surface area contributed by atoms with Crippen molar-refractivity contribution >= 4 is 5.78 Å². The van der Waals surface area contributed by atoms with Gasteiger partial charge in [-0.1, -0.05) is 6.08 Å². The molecule has 0 amide bonds. The zero-order valence-electron chi connectivity index (χ0n) is 13.7. The SMILES string of the molecule is CO[C@@H]1C(=O)[C@H](F)C[C@]2(CO2)[C@H]1C1(C)O[C@@H]1CC=C(C)C(F)(F)F. The molecule has 24 heavy (non-hydrogen) atoms. The summed E-state index contributed by atoms with van der Waals surface area (Å²) in [6, 6.07) is 0. The predicted molar refractivity (Wildman–Crippen MR) is 75.2 cm³/mol. The third-order valence-electron chi connectivity index (χ3n) is 5.43. The van der Waals surface area contributed by atoms with Crippen LogP contribution in [0.15, 0.2) is 11.6 Å². The number of methoxy groups -OCH3 is 1. The van der Waals surface area contributed by atoms with Crippen molar-refractivity contribution in [3.8, 4) is 0 Å². The molecule has 1 spiro atoms. The van der Waals surface area contributed by atoms with Gasteiger partial charge in [-0.3, -0.25) is 4.79 Å². The molecule has 3 fully saturated rings. The lowest BCUT2D eigenvalue weighted by Gasteiger charge is -2.38. The van der Waals surface area contributed by atoms with Gasteiger partial charge in [0.15, 0.2) is 12.0 Å². The molecule has 0 N–H and O–H groups in total. The van der Waals surface area contributed by atoms with E-state index in [-0.39, 0.29) is 12.8 Å². The van der Waals surface area contributed by atoms with Gasteiger partial charge in [0.25, 0.3) is 0 Å². The predicted octanol–water partition coefficient (Wildman–Crippen LogP) is 2.75. The van der Waals surface area contributed by atoms with Crippen LogP contribution in [-0.4, -0.2) is 55.3 Å². The second-order valence-electron chi connectivity index (χ2n) is 6.97. The van der Waals surface area contributed by atoms with Gasteiger partial charge in [0.05, 0.1) is 18.6 Å². The van der Waals surface area contributed by atoms with Gasteiger partial charge in [-0.25, -0.2) is 4.39 Å². The van der Waals surface area contributed by atoms with Gasteiger partial charge < -0.3 is 14.2 Å². The molecule has 2 saturated heterocycles. The second-order valence-corrected chi connectivity index (χ2v) is 6.97. The van der Waals surface area contributed by atoms with Crippen molar-refractivity contribution in [1.29, 1.82) is 0 Å². The number of Topliss-reactive ketones (excluding diaryl/α,β-unsaturated/α-hetero) is 1. The van der Waals surface area contributed by atoms with Crippen molar-refractivity contribution in [2.24, 2.45) is 5.92 Å². The Balaban J connectivity index is 1.77. The fourth-order valence-corrected chi connectivity index (χ4v) is 3.84. The molecule has 1 aliphatic carbocycles. The smallest absolute Gasteiger partial charge is 0.373 e. The molecule has 136 valence electrons. The monoisotopic (exact) mass is 352 g/mol. The highest BCUT2D eigenvalue weighted by Crippen LogP contribution is 2.59. The number of carbonyl (C=O) groups excluding carboxylic acids is 1. The van der Waals surface area contributed by atoms with Gasteiger partial charge in [0.1, 0.15) is 17.3 Å². The number of hydrogen-bond acceptors (Lipinski definition) is 4. The Morgan fingerprint density at radius 3 is 2.58 bits per heavy atom. The maximum absolute atomic E-state index is 13.9. The Bertz CT molecular complexity index is 569. The van der Waals surface area contributed by atoms with E-state index in [1.165, 1.54) is 7.11 Å². The fourth-order valence-electron chi connectivity index (χ4n) is 3.84. The summed E-state index contributed by atoms with van der Waals surface area (Å²) in [5.41, 5.74) is -2.38. The Labute approximate surface area is 137 Å². The van der Waals surface area contributed by atoms with E-state index in [0.29, 0.717) is 6.61 Å². The van der Waals surface area contributed by atoms with Crippen LogP contribution < -0.4 is 0 Å². The summed E-state index contributed by atoms with van der Waals surface area (Å²) in [5, 5.41) is 0. The summed E-state index contributed by atoms with van der Waals surface area (Å²) < 4.78 is 68.0. The van der Waals surface area contributed by atoms with Crippen LogP contribution in [0, 0.1) is 5.92 Å². The first-order valence-electron chi connectivity index (χ1n) is 7.81. The number of ketones is 1. The number of halogens is 4. The molecule has 0 aromatic rings. The molecule has 8 heteroatoms.